The third kappa shape index (κ3) is 4.60. The predicted molar refractivity (Wildman–Crippen MR) is 112 cm³/mol. The van der Waals surface area contributed by atoms with Crippen LogP contribution in [0, 0.1) is 5.92 Å². The van der Waals surface area contributed by atoms with Crippen LogP contribution >= 0.6 is 0 Å². The minimum Gasteiger partial charge on any atom is -0.352 e. The molecule has 146 valence electrons. The van der Waals surface area contributed by atoms with E-state index in [0.717, 1.165) is 34.6 Å². The molecule has 1 aromatic heterocycles. The number of benzene rings is 2. The molecule has 2 aromatic carbocycles. The summed E-state index contributed by atoms with van der Waals surface area (Å²) in [5, 5.41) is 11.2. The van der Waals surface area contributed by atoms with E-state index in [9.17, 15) is 4.79 Å². The fourth-order valence-corrected chi connectivity index (χ4v) is 4.02. The quantitative estimate of drug-likeness (QED) is 0.690. The van der Waals surface area contributed by atoms with Crippen molar-refractivity contribution in [2.45, 2.75) is 39.3 Å². The van der Waals surface area contributed by atoms with Crippen LogP contribution in [-0.2, 0) is 24.3 Å². The Bertz CT molecular complexity index is 931. The van der Waals surface area contributed by atoms with Crippen molar-refractivity contribution in [1.29, 1.82) is 0 Å². The van der Waals surface area contributed by atoms with Gasteiger partial charge in [-0.05, 0) is 42.5 Å². The normalized spacial score (nSPS) is 17.7. The van der Waals surface area contributed by atoms with Gasteiger partial charge < -0.3 is 5.32 Å². The van der Waals surface area contributed by atoms with Crippen LogP contribution in [0.3, 0.4) is 0 Å². The average molecular weight is 377 g/mol. The minimum atomic E-state index is 0.000726. The lowest BCUT2D eigenvalue weighted by molar-refractivity contribution is -0.120. The number of hydrogen-bond donors (Lipinski definition) is 2. The fourth-order valence-electron chi connectivity index (χ4n) is 4.02. The van der Waals surface area contributed by atoms with Gasteiger partial charge in [-0.15, -0.1) is 0 Å². The molecule has 28 heavy (non-hydrogen) atoms. The highest BCUT2D eigenvalue weighted by atomic mass is 16.1. The maximum Gasteiger partial charge on any atom is 0.226 e. The molecule has 2 heterocycles. The maximum atomic E-state index is 12.3. The zero-order valence-corrected chi connectivity index (χ0v) is 16.4. The topological polar surface area (TPSA) is 61.0 Å². The van der Waals surface area contributed by atoms with Crippen LogP contribution in [0.15, 0.2) is 48.5 Å². The molecular formula is C23H28N4O. The van der Waals surface area contributed by atoms with Gasteiger partial charge in [0.15, 0.2) is 0 Å². The Morgan fingerprint density at radius 3 is 2.79 bits per heavy atom. The molecule has 1 unspecified atom stereocenters. The molecule has 4 rings (SSSR count). The smallest absolute Gasteiger partial charge is 0.226 e. The van der Waals surface area contributed by atoms with E-state index in [1.165, 1.54) is 31.5 Å². The van der Waals surface area contributed by atoms with Gasteiger partial charge in [0.05, 0.1) is 17.6 Å². The average Bonchev–Trinajstić information content (AvgIpc) is 3.10. The van der Waals surface area contributed by atoms with Crippen LogP contribution < -0.4 is 5.32 Å². The van der Waals surface area contributed by atoms with Gasteiger partial charge in [-0.25, -0.2) is 0 Å². The third-order valence-corrected chi connectivity index (χ3v) is 5.54. The van der Waals surface area contributed by atoms with E-state index in [2.05, 4.69) is 51.6 Å². The highest BCUT2D eigenvalue weighted by Crippen LogP contribution is 2.18. The van der Waals surface area contributed by atoms with Crippen LogP contribution in [0.2, 0.25) is 0 Å². The summed E-state index contributed by atoms with van der Waals surface area (Å²) in [5.74, 6) is 0.802. The first-order chi connectivity index (χ1) is 13.7. The maximum absolute atomic E-state index is 12.3. The van der Waals surface area contributed by atoms with Crippen LogP contribution in [-0.4, -0.2) is 34.1 Å². The van der Waals surface area contributed by atoms with Crippen molar-refractivity contribution in [3.05, 3.63) is 65.4 Å². The summed E-state index contributed by atoms with van der Waals surface area (Å²) in [6, 6.07) is 16.5. The summed E-state index contributed by atoms with van der Waals surface area (Å²) in [4.78, 5) is 14.9. The Morgan fingerprint density at radius 2 is 1.96 bits per heavy atom. The number of nitrogens with zero attached hydrogens (tertiary/aromatic N) is 2. The summed E-state index contributed by atoms with van der Waals surface area (Å²) in [7, 11) is 0. The second-order valence-electron chi connectivity index (χ2n) is 7.97. The molecule has 5 nitrogen and oxygen atoms in total. The van der Waals surface area contributed by atoms with Gasteiger partial charge in [-0.2, -0.15) is 5.10 Å². The number of likely N-dealkylation sites (tertiary alicyclic amines) is 1. The van der Waals surface area contributed by atoms with E-state index >= 15 is 0 Å². The zero-order valence-electron chi connectivity index (χ0n) is 16.4. The number of aromatic nitrogens is 2. The zero-order chi connectivity index (χ0) is 19.3. The predicted octanol–water partition coefficient (Wildman–Crippen LogP) is 3.65. The van der Waals surface area contributed by atoms with E-state index in [0.29, 0.717) is 13.0 Å². The Kier molecular flexibility index (Phi) is 5.72. The molecule has 0 saturated carbocycles. The number of nitrogens with one attached hydrogen (secondary N) is 2. The minimum absolute atomic E-state index is 0.000726. The molecule has 1 aliphatic rings. The number of H-pyrrole nitrogens is 1. The molecule has 0 spiro atoms. The highest BCUT2D eigenvalue weighted by Gasteiger charge is 2.16. The van der Waals surface area contributed by atoms with E-state index in [1.807, 2.05) is 24.3 Å². The van der Waals surface area contributed by atoms with Crippen LogP contribution in [0.4, 0.5) is 0 Å². The van der Waals surface area contributed by atoms with Crippen molar-refractivity contribution in [3.63, 3.8) is 0 Å². The summed E-state index contributed by atoms with van der Waals surface area (Å²) < 4.78 is 0. The van der Waals surface area contributed by atoms with Gasteiger partial charge in [0.25, 0.3) is 0 Å². The molecule has 5 heteroatoms. The monoisotopic (exact) mass is 376 g/mol. The van der Waals surface area contributed by atoms with Crippen LogP contribution in [0.25, 0.3) is 10.9 Å². The van der Waals surface area contributed by atoms with Gasteiger partial charge in [-0.1, -0.05) is 49.4 Å². The number of carbonyl (C=O) groups is 1. The van der Waals surface area contributed by atoms with Crippen LogP contribution in [0.5, 0.6) is 0 Å². The molecule has 0 bridgehead atoms. The Hall–Kier alpha value is -2.66. The Balaban J connectivity index is 1.28. The molecule has 3 aromatic rings. The molecule has 0 radical (unpaired) electrons. The van der Waals surface area contributed by atoms with Crippen molar-refractivity contribution in [1.82, 2.24) is 20.4 Å². The summed E-state index contributed by atoms with van der Waals surface area (Å²) in [6.45, 7) is 6.30. The molecule has 0 aliphatic carbocycles. The first kappa shape index (κ1) is 18.7. The molecule has 2 N–H and O–H groups in total. The van der Waals surface area contributed by atoms with E-state index in [-0.39, 0.29) is 5.91 Å². The van der Waals surface area contributed by atoms with Crippen molar-refractivity contribution in [2.24, 2.45) is 5.92 Å². The van der Waals surface area contributed by atoms with Crippen molar-refractivity contribution < 1.29 is 4.79 Å². The standard InChI is InChI=1S/C23H28N4O/c1-17-5-4-12-27(15-17)16-19-10-8-18(9-11-19)14-24-23(28)13-22-20-6-2-3-7-21(20)25-26-22/h2-3,6-11,17H,4-5,12-16H2,1H3,(H,24,28)(H,25,26). The first-order valence-corrected chi connectivity index (χ1v) is 10.2. The van der Waals surface area contributed by atoms with Crippen molar-refractivity contribution in [2.75, 3.05) is 13.1 Å². The second-order valence-corrected chi connectivity index (χ2v) is 7.97. The number of amides is 1. The molecule has 1 fully saturated rings. The fraction of sp³-hybridized carbons (Fsp3) is 0.391. The molecule has 1 aliphatic heterocycles. The lowest BCUT2D eigenvalue weighted by Crippen LogP contribution is -2.33. The summed E-state index contributed by atoms with van der Waals surface area (Å²) in [5.41, 5.74) is 4.22. The molecule has 1 amide bonds. The number of rotatable bonds is 6. The molecule has 1 atom stereocenters. The SMILES string of the molecule is CC1CCCN(Cc2ccc(CNC(=O)Cc3[nH]nc4ccccc34)cc2)C1. The molecular weight excluding hydrogens is 348 g/mol. The van der Waals surface area contributed by atoms with Gasteiger partial charge >= 0.3 is 0 Å². The number of fused-ring (bicyclic) bond motifs is 1. The van der Waals surface area contributed by atoms with E-state index in [4.69, 9.17) is 0 Å². The highest BCUT2D eigenvalue weighted by molar-refractivity contribution is 5.87. The largest absolute Gasteiger partial charge is 0.352 e. The number of carbonyl (C=O) groups excluding carboxylic acids is 1. The number of hydrogen-bond acceptors (Lipinski definition) is 3. The number of piperidine rings is 1. The lowest BCUT2D eigenvalue weighted by atomic mass is 9.99. The van der Waals surface area contributed by atoms with Gasteiger partial charge in [-0.3, -0.25) is 14.8 Å². The first-order valence-electron chi connectivity index (χ1n) is 10.2. The number of aromatic amines is 1. The van der Waals surface area contributed by atoms with Crippen molar-refractivity contribution >= 4 is 16.8 Å². The summed E-state index contributed by atoms with van der Waals surface area (Å²) in [6.07, 6.45) is 2.96. The lowest BCUT2D eigenvalue weighted by Gasteiger charge is -2.30. The van der Waals surface area contributed by atoms with Crippen molar-refractivity contribution in [3.8, 4) is 0 Å². The van der Waals surface area contributed by atoms with Crippen LogP contribution in [0.1, 0.15) is 36.6 Å². The van der Waals surface area contributed by atoms with Gasteiger partial charge in [0, 0.05) is 25.0 Å². The third-order valence-electron chi connectivity index (χ3n) is 5.54. The Morgan fingerprint density at radius 1 is 1.18 bits per heavy atom. The van der Waals surface area contributed by atoms with Gasteiger partial charge in [0.2, 0.25) is 5.91 Å². The summed E-state index contributed by atoms with van der Waals surface area (Å²) >= 11 is 0. The van der Waals surface area contributed by atoms with Gasteiger partial charge in [0.1, 0.15) is 0 Å². The Labute approximate surface area is 166 Å². The van der Waals surface area contributed by atoms with E-state index in [1.54, 1.807) is 0 Å². The second kappa shape index (κ2) is 8.57. The van der Waals surface area contributed by atoms with E-state index < -0.39 is 0 Å². The number of para-hydroxylation sites is 1. The molecule has 1 saturated heterocycles.